The van der Waals surface area contributed by atoms with Gasteiger partial charge in [-0.1, -0.05) is 25.1 Å². The van der Waals surface area contributed by atoms with E-state index in [2.05, 4.69) is 24.2 Å². The van der Waals surface area contributed by atoms with Crippen LogP contribution in [0.5, 0.6) is 11.5 Å². The molecule has 0 aliphatic carbocycles. The zero-order valence-corrected chi connectivity index (χ0v) is 15.2. The molecule has 4 nitrogen and oxygen atoms in total. The van der Waals surface area contributed by atoms with Crippen LogP contribution in [0.15, 0.2) is 42.5 Å². The van der Waals surface area contributed by atoms with Crippen molar-refractivity contribution in [3.63, 3.8) is 0 Å². The number of methoxy groups -OCH3 is 1. The SMILES string of the molecule is CCN(C)CCNCc1ccc(OCc2ccc(F)cc2)c(OC)c1. The van der Waals surface area contributed by atoms with Crippen LogP contribution in [0.1, 0.15) is 18.1 Å². The second kappa shape index (κ2) is 10.0. The molecular formula is C20H27FN2O2. The van der Waals surface area contributed by atoms with Gasteiger partial charge in [0, 0.05) is 19.6 Å². The van der Waals surface area contributed by atoms with Crippen LogP contribution < -0.4 is 14.8 Å². The molecule has 0 unspecified atom stereocenters. The van der Waals surface area contributed by atoms with Gasteiger partial charge in [0.2, 0.25) is 0 Å². The van der Waals surface area contributed by atoms with Crippen LogP contribution in [0.25, 0.3) is 0 Å². The van der Waals surface area contributed by atoms with Gasteiger partial charge in [-0.25, -0.2) is 4.39 Å². The highest BCUT2D eigenvalue weighted by molar-refractivity contribution is 5.43. The molecule has 5 heteroatoms. The summed E-state index contributed by atoms with van der Waals surface area (Å²) in [6, 6.07) is 12.2. The summed E-state index contributed by atoms with van der Waals surface area (Å²) in [5, 5.41) is 3.43. The van der Waals surface area contributed by atoms with Gasteiger partial charge in [-0.05, 0) is 49.0 Å². The number of hydrogen-bond acceptors (Lipinski definition) is 4. The lowest BCUT2D eigenvalue weighted by molar-refractivity contribution is 0.284. The molecule has 0 aliphatic rings. The molecule has 2 aromatic rings. The van der Waals surface area contributed by atoms with E-state index in [1.54, 1.807) is 19.2 Å². The number of halogens is 1. The number of rotatable bonds is 10. The summed E-state index contributed by atoms with van der Waals surface area (Å²) in [6.07, 6.45) is 0. The number of nitrogens with zero attached hydrogens (tertiary/aromatic N) is 1. The molecule has 25 heavy (non-hydrogen) atoms. The third-order valence-corrected chi connectivity index (χ3v) is 4.07. The van der Waals surface area contributed by atoms with Gasteiger partial charge in [-0.2, -0.15) is 0 Å². The van der Waals surface area contributed by atoms with E-state index in [0.717, 1.165) is 37.3 Å². The lowest BCUT2D eigenvalue weighted by Crippen LogP contribution is -2.28. The van der Waals surface area contributed by atoms with Crippen LogP contribution in [0.4, 0.5) is 4.39 Å². The highest BCUT2D eigenvalue weighted by Crippen LogP contribution is 2.28. The van der Waals surface area contributed by atoms with Gasteiger partial charge < -0.3 is 19.7 Å². The minimum absolute atomic E-state index is 0.247. The molecule has 0 bridgehead atoms. The van der Waals surface area contributed by atoms with Crippen molar-refractivity contribution in [3.05, 3.63) is 59.4 Å². The van der Waals surface area contributed by atoms with Gasteiger partial charge in [0.05, 0.1) is 7.11 Å². The van der Waals surface area contributed by atoms with Crippen LogP contribution >= 0.6 is 0 Å². The molecule has 2 rings (SSSR count). The number of nitrogens with one attached hydrogen (secondary N) is 1. The Hall–Kier alpha value is -2.11. The quantitative estimate of drug-likeness (QED) is 0.668. The normalized spacial score (nSPS) is 10.9. The largest absolute Gasteiger partial charge is 0.493 e. The molecule has 0 atom stereocenters. The smallest absolute Gasteiger partial charge is 0.161 e. The van der Waals surface area contributed by atoms with Crippen molar-refractivity contribution in [2.24, 2.45) is 0 Å². The number of hydrogen-bond donors (Lipinski definition) is 1. The van der Waals surface area contributed by atoms with E-state index in [4.69, 9.17) is 9.47 Å². The molecule has 0 amide bonds. The molecule has 0 saturated heterocycles. The summed E-state index contributed by atoms with van der Waals surface area (Å²) in [5.74, 6) is 1.14. The average molecular weight is 346 g/mol. The summed E-state index contributed by atoms with van der Waals surface area (Å²) < 4.78 is 24.2. The Morgan fingerprint density at radius 2 is 1.76 bits per heavy atom. The maximum Gasteiger partial charge on any atom is 0.161 e. The predicted molar refractivity (Wildman–Crippen MR) is 98.6 cm³/mol. The average Bonchev–Trinajstić information content (AvgIpc) is 2.64. The van der Waals surface area contributed by atoms with Gasteiger partial charge in [-0.3, -0.25) is 0 Å². The van der Waals surface area contributed by atoms with E-state index in [1.807, 2.05) is 18.2 Å². The monoisotopic (exact) mass is 346 g/mol. The topological polar surface area (TPSA) is 33.7 Å². The Balaban J connectivity index is 1.88. The Kier molecular flexibility index (Phi) is 7.70. The lowest BCUT2D eigenvalue weighted by Gasteiger charge is -2.15. The summed E-state index contributed by atoms with van der Waals surface area (Å²) in [4.78, 5) is 2.26. The third kappa shape index (κ3) is 6.36. The van der Waals surface area contributed by atoms with Gasteiger partial charge in [0.25, 0.3) is 0 Å². The first-order valence-corrected chi connectivity index (χ1v) is 8.55. The van der Waals surface area contributed by atoms with Crippen LogP contribution in [-0.2, 0) is 13.2 Å². The van der Waals surface area contributed by atoms with Crippen molar-refractivity contribution < 1.29 is 13.9 Å². The highest BCUT2D eigenvalue weighted by atomic mass is 19.1. The van der Waals surface area contributed by atoms with E-state index in [9.17, 15) is 4.39 Å². The zero-order chi connectivity index (χ0) is 18.1. The van der Waals surface area contributed by atoms with Crippen molar-refractivity contribution in [3.8, 4) is 11.5 Å². The first-order chi connectivity index (χ1) is 12.1. The van der Waals surface area contributed by atoms with Crippen LogP contribution in [0.2, 0.25) is 0 Å². The van der Waals surface area contributed by atoms with Crippen molar-refractivity contribution in [2.45, 2.75) is 20.1 Å². The maximum atomic E-state index is 12.9. The van der Waals surface area contributed by atoms with Crippen LogP contribution in [-0.4, -0.2) is 38.7 Å². The molecule has 2 aromatic carbocycles. The molecule has 0 aromatic heterocycles. The van der Waals surface area contributed by atoms with E-state index >= 15 is 0 Å². The summed E-state index contributed by atoms with van der Waals surface area (Å²) in [5.41, 5.74) is 2.05. The highest BCUT2D eigenvalue weighted by Gasteiger charge is 2.06. The second-order valence-corrected chi connectivity index (χ2v) is 5.97. The summed E-state index contributed by atoms with van der Waals surface area (Å²) in [6.45, 7) is 6.32. The van der Waals surface area contributed by atoms with Crippen LogP contribution in [0, 0.1) is 5.82 Å². The van der Waals surface area contributed by atoms with Gasteiger partial charge in [-0.15, -0.1) is 0 Å². The summed E-state index contributed by atoms with van der Waals surface area (Å²) >= 11 is 0. The molecule has 0 saturated carbocycles. The fraction of sp³-hybridized carbons (Fsp3) is 0.400. The van der Waals surface area contributed by atoms with Crippen molar-refractivity contribution in [2.75, 3.05) is 33.8 Å². The maximum absolute atomic E-state index is 12.9. The van der Waals surface area contributed by atoms with E-state index < -0.39 is 0 Å². The van der Waals surface area contributed by atoms with E-state index in [1.165, 1.54) is 12.1 Å². The molecule has 1 N–H and O–H groups in total. The Morgan fingerprint density at radius 3 is 2.44 bits per heavy atom. The van der Waals surface area contributed by atoms with Gasteiger partial charge in [0.15, 0.2) is 11.5 Å². The number of ether oxygens (including phenoxy) is 2. The number of likely N-dealkylation sites (N-methyl/N-ethyl adjacent to an activating group) is 1. The molecule has 0 aliphatic heterocycles. The lowest BCUT2D eigenvalue weighted by atomic mass is 10.2. The van der Waals surface area contributed by atoms with Gasteiger partial charge in [0.1, 0.15) is 12.4 Å². The minimum Gasteiger partial charge on any atom is -0.493 e. The van der Waals surface area contributed by atoms with Crippen molar-refractivity contribution >= 4 is 0 Å². The first kappa shape index (κ1) is 19.2. The van der Waals surface area contributed by atoms with Crippen molar-refractivity contribution in [1.29, 1.82) is 0 Å². The van der Waals surface area contributed by atoms with Crippen molar-refractivity contribution in [1.82, 2.24) is 10.2 Å². The fourth-order valence-electron chi connectivity index (χ4n) is 2.34. The number of benzene rings is 2. The Labute approximate surface area is 149 Å². The second-order valence-electron chi connectivity index (χ2n) is 5.97. The molecule has 0 fully saturated rings. The molecule has 0 heterocycles. The molecule has 136 valence electrons. The molecule has 0 spiro atoms. The first-order valence-electron chi connectivity index (χ1n) is 8.55. The Bertz CT molecular complexity index is 647. The van der Waals surface area contributed by atoms with E-state index in [-0.39, 0.29) is 5.82 Å². The Morgan fingerprint density at radius 1 is 1.04 bits per heavy atom. The van der Waals surface area contributed by atoms with Crippen LogP contribution in [0.3, 0.4) is 0 Å². The minimum atomic E-state index is -0.247. The fourth-order valence-corrected chi connectivity index (χ4v) is 2.34. The molecular weight excluding hydrogens is 319 g/mol. The molecule has 0 radical (unpaired) electrons. The summed E-state index contributed by atoms with van der Waals surface area (Å²) in [7, 11) is 3.74. The van der Waals surface area contributed by atoms with E-state index in [0.29, 0.717) is 18.1 Å². The predicted octanol–water partition coefficient (Wildman–Crippen LogP) is 3.45. The van der Waals surface area contributed by atoms with Gasteiger partial charge >= 0.3 is 0 Å². The standard InChI is InChI=1S/C20H27FN2O2/c1-4-23(2)12-11-22-14-17-7-10-19(20(13-17)24-3)25-15-16-5-8-18(21)9-6-16/h5-10,13,22H,4,11-12,14-15H2,1-3H3. The third-order valence-electron chi connectivity index (χ3n) is 4.07. The zero-order valence-electron chi connectivity index (χ0n) is 15.2.